The van der Waals surface area contributed by atoms with Crippen LogP contribution in [0, 0.1) is 11.8 Å². The Morgan fingerprint density at radius 2 is 1.63 bits per heavy atom. The quantitative estimate of drug-likeness (QED) is 0.166. The van der Waals surface area contributed by atoms with Crippen molar-refractivity contribution in [2.75, 3.05) is 6.54 Å². The van der Waals surface area contributed by atoms with E-state index in [1.54, 1.807) is 37.5 Å². The van der Waals surface area contributed by atoms with Gasteiger partial charge in [0.25, 0.3) is 11.8 Å². The first-order chi connectivity index (χ1) is 20.2. The van der Waals surface area contributed by atoms with E-state index in [1.807, 2.05) is 13.8 Å². The molecular formula is C29H44N6O8. The second-order valence-electron chi connectivity index (χ2n) is 11.4. The zero-order valence-electron chi connectivity index (χ0n) is 25.5. The van der Waals surface area contributed by atoms with Gasteiger partial charge < -0.3 is 26.1 Å². The van der Waals surface area contributed by atoms with Gasteiger partial charge in [-0.2, -0.15) is 5.06 Å². The zero-order chi connectivity index (χ0) is 32.4. The third kappa shape index (κ3) is 9.48. The minimum atomic E-state index is -1.35. The lowest BCUT2D eigenvalue weighted by Gasteiger charge is -2.31. The van der Waals surface area contributed by atoms with E-state index in [0.717, 1.165) is 0 Å². The highest BCUT2D eigenvalue weighted by atomic mass is 16.7. The Balaban J connectivity index is 2.15. The van der Waals surface area contributed by atoms with Gasteiger partial charge in [-0.3, -0.25) is 29.2 Å². The average molecular weight is 605 g/mol. The Morgan fingerprint density at radius 1 is 1.00 bits per heavy atom. The summed E-state index contributed by atoms with van der Waals surface area (Å²) in [6.07, 6.45) is 1.13. The molecule has 238 valence electrons. The Morgan fingerprint density at radius 3 is 2.19 bits per heavy atom. The largest absolute Gasteiger partial charge is 0.363 e. The number of hydroxylamine groups is 3. The third-order valence-electron chi connectivity index (χ3n) is 7.16. The lowest BCUT2D eigenvalue weighted by atomic mass is 10.0. The molecule has 0 aromatic heterocycles. The molecule has 1 heterocycles. The maximum absolute atomic E-state index is 13.4. The highest BCUT2D eigenvalue weighted by Gasteiger charge is 2.39. The molecule has 1 aliphatic rings. The summed E-state index contributed by atoms with van der Waals surface area (Å²) in [5, 5.41) is 14.8. The van der Waals surface area contributed by atoms with Gasteiger partial charge in [-0.05, 0) is 57.1 Å². The molecule has 1 fully saturated rings. The van der Waals surface area contributed by atoms with Crippen LogP contribution >= 0.6 is 0 Å². The van der Waals surface area contributed by atoms with Crippen LogP contribution in [-0.4, -0.2) is 87.4 Å². The minimum Gasteiger partial charge on any atom is -0.343 e. The molecule has 0 aliphatic carbocycles. The van der Waals surface area contributed by atoms with E-state index in [-0.39, 0.29) is 30.4 Å². The van der Waals surface area contributed by atoms with Crippen molar-refractivity contribution in [3.63, 3.8) is 0 Å². The molecule has 14 nitrogen and oxygen atoms in total. The van der Waals surface area contributed by atoms with E-state index in [2.05, 4.69) is 10.6 Å². The molecule has 0 radical (unpaired) electrons. The zero-order valence-corrected chi connectivity index (χ0v) is 25.5. The van der Waals surface area contributed by atoms with Crippen molar-refractivity contribution in [3.05, 3.63) is 35.9 Å². The maximum Gasteiger partial charge on any atom is 0.363 e. The van der Waals surface area contributed by atoms with Crippen LogP contribution in [0.4, 0.5) is 0 Å². The van der Waals surface area contributed by atoms with E-state index < -0.39 is 65.7 Å². The van der Waals surface area contributed by atoms with Gasteiger partial charge in [0.05, 0.1) is 11.6 Å². The van der Waals surface area contributed by atoms with Crippen LogP contribution in [-0.2, 0) is 28.8 Å². The van der Waals surface area contributed by atoms with E-state index in [4.69, 9.17) is 15.8 Å². The lowest BCUT2D eigenvalue weighted by molar-refractivity contribution is -0.182. The molecule has 5 amide bonds. The third-order valence-corrected chi connectivity index (χ3v) is 7.16. The van der Waals surface area contributed by atoms with Gasteiger partial charge in [-0.15, -0.1) is 0 Å². The number of amides is 5. The summed E-state index contributed by atoms with van der Waals surface area (Å²) in [6.45, 7) is 10.1. The average Bonchev–Trinajstić information content (AvgIpc) is 3.47. The number of hydrogen-bond donors (Lipinski definition) is 5. The molecule has 0 bridgehead atoms. The van der Waals surface area contributed by atoms with Gasteiger partial charge in [-0.25, -0.2) is 10.3 Å². The fourth-order valence-corrected chi connectivity index (χ4v) is 4.57. The molecule has 1 aliphatic heterocycles. The first-order valence-electron chi connectivity index (χ1n) is 14.4. The van der Waals surface area contributed by atoms with Crippen molar-refractivity contribution in [2.24, 2.45) is 17.6 Å². The number of benzene rings is 1. The molecular weight excluding hydrogens is 560 g/mol. The van der Waals surface area contributed by atoms with Gasteiger partial charge in [0, 0.05) is 6.54 Å². The molecule has 14 heteroatoms. The number of nitrogens with one attached hydrogen (secondary N) is 3. The van der Waals surface area contributed by atoms with Crippen molar-refractivity contribution >= 4 is 35.5 Å². The molecule has 2 rings (SSSR count). The minimum absolute atomic E-state index is 0.0367. The highest BCUT2D eigenvalue weighted by Crippen LogP contribution is 2.20. The Labute approximate surface area is 251 Å². The molecule has 6 N–H and O–H groups in total. The summed E-state index contributed by atoms with van der Waals surface area (Å²) in [5.74, 6) is -4.62. The summed E-state index contributed by atoms with van der Waals surface area (Å²) in [6, 6.07) is 2.48. The Hall–Kier alpha value is -4.04. The molecule has 43 heavy (non-hydrogen) atoms. The van der Waals surface area contributed by atoms with Gasteiger partial charge in [-0.1, -0.05) is 45.9 Å². The molecule has 0 spiro atoms. The standard InChI is InChI=1S/C29H44N6O8/c1-16(2)15-21(25(37)33-42)32-26(38)22-13-10-14-34(22)27(39)18(5)31-24(36)19(6)35(28(40)23(30)17(3)4)43-29(41)20-11-8-7-9-12-20/h7-9,11-12,16-19,21-23,42H,10,13-15,30H2,1-6H3,(H,31,36)(H,32,38)(H,33,37)/t18-,19-,21-,22-,23-/m0/s1. The molecule has 1 aromatic carbocycles. The van der Waals surface area contributed by atoms with E-state index in [1.165, 1.54) is 30.9 Å². The van der Waals surface area contributed by atoms with E-state index in [0.29, 0.717) is 17.9 Å². The van der Waals surface area contributed by atoms with Crippen molar-refractivity contribution in [1.29, 1.82) is 0 Å². The summed E-state index contributed by atoms with van der Waals surface area (Å²) >= 11 is 0. The summed E-state index contributed by atoms with van der Waals surface area (Å²) in [5.41, 5.74) is 7.73. The number of likely N-dealkylation sites (tertiary alicyclic amines) is 1. The molecule has 1 saturated heterocycles. The Bertz CT molecular complexity index is 1160. The molecule has 0 unspecified atom stereocenters. The van der Waals surface area contributed by atoms with Crippen molar-refractivity contribution < 1.29 is 38.8 Å². The molecule has 5 atom stereocenters. The predicted octanol–water partition coefficient (Wildman–Crippen LogP) is 0.491. The van der Waals surface area contributed by atoms with Crippen LogP contribution in [0.15, 0.2) is 30.3 Å². The number of nitrogens with two attached hydrogens (primary N) is 1. The van der Waals surface area contributed by atoms with Crippen LogP contribution in [0.3, 0.4) is 0 Å². The van der Waals surface area contributed by atoms with Crippen LogP contribution in [0.25, 0.3) is 0 Å². The first kappa shape index (κ1) is 35.2. The van der Waals surface area contributed by atoms with Crippen LogP contribution in [0.1, 0.15) is 71.2 Å². The topological polar surface area (TPSA) is 200 Å². The van der Waals surface area contributed by atoms with Gasteiger partial charge >= 0.3 is 5.97 Å². The highest BCUT2D eigenvalue weighted by molar-refractivity contribution is 5.96. The summed E-state index contributed by atoms with van der Waals surface area (Å²) in [4.78, 5) is 84.3. The fourth-order valence-electron chi connectivity index (χ4n) is 4.57. The Kier molecular flexibility index (Phi) is 13.1. The van der Waals surface area contributed by atoms with Crippen molar-refractivity contribution in [3.8, 4) is 0 Å². The van der Waals surface area contributed by atoms with Gasteiger partial charge in [0.2, 0.25) is 17.7 Å². The second kappa shape index (κ2) is 16.0. The first-order valence-corrected chi connectivity index (χ1v) is 14.4. The normalized spacial score (nSPS) is 17.4. The second-order valence-corrected chi connectivity index (χ2v) is 11.4. The van der Waals surface area contributed by atoms with Crippen molar-refractivity contribution in [1.82, 2.24) is 26.1 Å². The van der Waals surface area contributed by atoms with E-state index >= 15 is 0 Å². The maximum atomic E-state index is 13.4. The number of carbonyl (C=O) groups excluding carboxylic acids is 6. The van der Waals surface area contributed by atoms with Crippen LogP contribution in [0.2, 0.25) is 0 Å². The predicted molar refractivity (Wildman–Crippen MR) is 155 cm³/mol. The molecule has 0 saturated carbocycles. The number of nitrogens with zero attached hydrogens (tertiary/aromatic N) is 2. The SMILES string of the molecule is CC(C)C[C@H](NC(=O)[C@@H]1CCCN1C(=O)[C@H](C)NC(=O)[C@H](C)N(OC(=O)c1ccccc1)C(=O)[C@@H](N)C(C)C)C(=O)NO. The smallest absolute Gasteiger partial charge is 0.343 e. The molecule has 1 aromatic rings. The lowest BCUT2D eigenvalue weighted by Crippen LogP contribution is -2.58. The number of hydrogen-bond acceptors (Lipinski definition) is 9. The summed E-state index contributed by atoms with van der Waals surface area (Å²) in [7, 11) is 0. The fraction of sp³-hybridized carbons (Fsp3) is 0.586. The van der Waals surface area contributed by atoms with Gasteiger partial charge in [0.15, 0.2) is 0 Å². The van der Waals surface area contributed by atoms with Gasteiger partial charge in [0.1, 0.15) is 24.2 Å². The number of carbonyl (C=O) groups is 6. The van der Waals surface area contributed by atoms with Crippen LogP contribution < -0.4 is 21.8 Å². The van der Waals surface area contributed by atoms with Crippen molar-refractivity contribution in [2.45, 2.75) is 91.0 Å². The monoisotopic (exact) mass is 604 g/mol. The van der Waals surface area contributed by atoms with E-state index in [9.17, 15) is 28.8 Å². The van der Waals surface area contributed by atoms with Crippen LogP contribution in [0.5, 0.6) is 0 Å². The number of rotatable bonds is 12. The summed E-state index contributed by atoms with van der Waals surface area (Å²) < 4.78 is 0.